The molecule has 6 nitrogen and oxygen atoms in total. The van der Waals surface area contributed by atoms with Gasteiger partial charge in [-0.05, 0) is 56.2 Å². The van der Waals surface area contributed by atoms with Gasteiger partial charge >= 0.3 is 0 Å². The van der Waals surface area contributed by atoms with E-state index < -0.39 is 17.2 Å². The lowest BCUT2D eigenvalue weighted by molar-refractivity contribution is -0.129. The van der Waals surface area contributed by atoms with Crippen LogP contribution in [0.2, 0.25) is 0 Å². The molecule has 3 aliphatic rings. The van der Waals surface area contributed by atoms with Gasteiger partial charge in [0.1, 0.15) is 17.2 Å². The maximum Gasteiger partial charge on any atom is 0.182 e. The van der Waals surface area contributed by atoms with Crippen LogP contribution < -0.4 is 26.5 Å². The van der Waals surface area contributed by atoms with Crippen molar-refractivity contribution in [3.05, 3.63) is 76.8 Å². The second-order valence-corrected chi connectivity index (χ2v) is 11.0. The Kier molecular flexibility index (Phi) is 3.95. The van der Waals surface area contributed by atoms with E-state index in [1.54, 1.807) is 0 Å². The summed E-state index contributed by atoms with van der Waals surface area (Å²) in [6, 6.07) is 19.9. The fourth-order valence-electron chi connectivity index (χ4n) is 5.97. The number of anilines is 3. The molecular formula is C30H26N4O2. The van der Waals surface area contributed by atoms with Gasteiger partial charge < -0.3 is 16.0 Å². The minimum Gasteiger partial charge on any atom is -0.363 e. The van der Waals surface area contributed by atoms with Gasteiger partial charge in [-0.2, -0.15) is 0 Å². The first kappa shape index (κ1) is 21.1. The summed E-state index contributed by atoms with van der Waals surface area (Å²) in [7, 11) is 0. The number of hydrogen-bond acceptors (Lipinski definition) is 6. The van der Waals surface area contributed by atoms with E-state index in [9.17, 15) is 9.59 Å². The predicted octanol–water partition coefficient (Wildman–Crippen LogP) is 4.43. The quantitative estimate of drug-likeness (QED) is 0.356. The van der Waals surface area contributed by atoms with Gasteiger partial charge in [0.25, 0.3) is 0 Å². The van der Waals surface area contributed by atoms with Crippen LogP contribution >= 0.6 is 0 Å². The van der Waals surface area contributed by atoms with Crippen molar-refractivity contribution in [2.75, 3.05) is 16.0 Å². The van der Waals surface area contributed by atoms with Crippen molar-refractivity contribution in [1.82, 2.24) is 0 Å². The molecule has 1 aliphatic carbocycles. The molecule has 0 radical (unpaired) electrons. The fraction of sp³-hybridized carbons (Fsp3) is 0.233. The zero-order chi connectivity index (χ0) is 25.0. The monoisotopic (exact) mass is 474 g/mol. The Labute approximate surface area is 208 Å². The predicted molar refractivity (Wildman–Crippen MR) is 144 cm³/mol. The van der Waals surface area contributed by atoms with Crippen LogP contribution in [0.3, 0.4) is 0 Å². The van der Waals surface area contributed by atoms with Gasteiger partial charge in [-0.25, -0.2) is 0 Å². The second kappa shape index (κ2) is 6.72. The molecule has 0 aromatic heterocycles. The molecule has 1 saturated carbocycles. The molecule has 178 valence electrons. The van der Waals surface area contributed by atoms with Crippen LogP contribution in [0.4, 0.5) is 17.1 Å². The Hall–Kier alpha value is -4.19. The average molecular weight is 475 g/mol. The van der Waals surface area contributed by atoms with Crippen LogP contribution in [0.15, 0.2) is 65.7 Å². The molecule has 36 heavy (non-hydrogen) atoms. The van der Waals surface area contributed by atoms with Gasteiger partial charge in [0.05, 0.1) is 16.6 Å². The number of Topliss-reactive ketones (excluding diaryl/α,β-unsaturated/α-hetero) is 2. The summed E-state index contributed by atoms with van der Waals surface area (Å²) in [5.74, 6) is -1.11. The first-order valence-corrected chi connectivity index (χ1v) is 12.3. The van der Waals surface area contributed by atoms with Gasteiger partial charge in [-0.15, -0.1) is 0 Å². The van der Waals surface area contributed by atoms with Crippen molar-refractivity contribution in [3.8, 4) is 0 Å². The molecule has 4 aromatic carbocycles. The highest BCUT2D eigenvalue weighted by atomic mass is 16.2. The van der Waals surface area contributed by atoms with Crippen LogP contribution in [0.5, 0.6) is 0 Å². The molecule has 0 bridgehead atoms. The van der Waals surface area contributed by atoms with Crippen LogP contribution in [0.1, 0.15) is 39.2 Å². The fourth-order valence-corrected chi connectivity index (χ4v) is 5.97. The van der Waals surface area contributed by atoms with E-state index in [-0.39, 0.29) is 17.1 Å². The Balaban J connectivity index is 1.45. The normalized spacial score (nSPS) is 20.8. The van der Waals surface area contributed by atoms with Gasteiger partial charge in [0, 0.05) is 27.4 Å². The summed E-state index contributed by atoms with van der Waals surface area (Å²) >= 11 is 0. The van der Waals surface area contributed by atoms with Crippen molar-refractivity contribution in [1.29, 1.82) is 0 Å². The highest BCUT2D eigenvalue weighted by Gasteiger charge is 2.47. The third-order valence-electron chi connectivity index (χ3n) is 7.41. The zero-order valence-electron chi connectivity index (χ0n) is 20.6. The lowest BCUT2D eigenvalue weighted by atomic mass is 9.70. The number of nitrogens with zero attached hydrogens (tertiary/aromatic N) is 1. The highest BCUT2D eigenvalue weighted by Crippen LogP contribution is 2.46. The molecule has 3 N–H and O–H groups in total. The minimum atomic E-state index is -0.818. The van der Waals surface area contributed by atoms with E-state index >= 15 is 0 Å². The molecule has 4 aromatic rings. The third kappa shape index (κ3) is 2.81. The molecule has 1 fully saturated rings. The topological polar surface area (TPSA) is 82.6 Å². The van der Waals surface area contributed by atoms with Crippen LogP contribution in [-0.2, 0) is 9.59 Å². The van der Waals surface area contributed by atoms with Crippen molar-refractivity contribution in [2.45, 2.75) is 44.9 Å². The molecule has 0 unspecified atom stereocenters. The van der Waals surface area contributed by atoms with Gasteiger partial charge in [-0.3, -0.25) is 14.6 Å². The number of hydrogen-bond donors (Lipinski definition) is 3. The Morgan fingerprint density at radius 2 is 1.36 bits per heavy atom. The Morgan fingerprint density at radius 1 is 0.722 bits per heavy atom. The largest absolute Gasteiger partial charge is 0.363 e. The summed E-state index contributed by atoms with van der Waals surface area (Å²) in [5.41, 5.74) is 2.84. The summed E-state index contributed by atoms with van der Waals surface area (Å²) in [6.45, 7) is 8.06. The number of rotatable bonds is 1. The van der Waals surface area contributed by atoms with Gasteiger partial charge in [0.15, 0.2) is 11.6 Å². The first-order chi connectivity index (χ1) is 17.1. The van der Waals surface area contributed by atoms with E-state index in [2.05, 4.69) is 16.0 Å². The van der Waals surface area contributed by atoms with Crippen LogP contribution in [0.25, 0.3) is 27.1 Å². The molecule has 6 heteroatoms. The van der Waals surface area contributed by atoms with Crippen molar-refractivity contribution >= 4 is 55.7 Å². The molecule has 0 spiro atoms. The highest BCUT2D eigenvalue weighted by molar-refractivity contribution is 6.59. The molecule has 2 aliphatic heterocycles. The van der Waals surface area contributed by atoms with Gasteiger partial charge in [-0.1, -0.05) is 48.5 Å². The Morgan fingerprint density at radius 3 is 2.08 bits per heavy atom. The summed E-state index contributed by atoms with van der Waals surface area (Å²) in [5, 5.41) is 15.9. The smallest absolute Gasteiger partial charge is 0.182 e. The van der Waals surface area contributed by atoms with Crippen molar-refractivity contribution in [2.24, 2.45) is 4.99 Å². The average Bonchev–Trinajstić information content (AvgIpc) is 2.81. The van der Waals surface area contributed by atoms with E-state index in [1.165, 1.54) is 0 Å². The molecule has 7 rings (SSSR count). The Bertz CT molecular complexity index is 1800. The van der Waals surface area contributed by atoms with Crippen molar-refractivity contribution in [3.63, 3.8) is 0 Å². The van der Waals surface area contributed by atoms with E-state index in [0.717, 1.165) is 44.2 Å². The first-order valence-electron chi connectivity index (χ1n) is 12.3. The minimum absolute atomic E-state index is 0.147. The number of nitrogens with one attached hydrogen (secondary N) is 3. The molecule has 0 amide bonds. The lowest BCUT2D eigenvalue weighted by Crippen LogP contribution is -2.48. The summed E-state index contributed by atoms with van der Waals surface area (Å²) < 4.78 is 0. The van der Waals surface area contributed by atoms with Crippen LogP contribution in [-0.4, -0.2) is 22.9 Å². The molecular weight excluding hydrogens is 448 g/mol. The van der Waals surface area contributed by atoms with Crippen molar-refractivity contribution < 1.29 is 9.59 Å². The zero-order valence-corrected chi connectivity index (χ0v) is 20.6. The number of ketones is 2. The summed E-state index contributed by atoms with van der Waals surface area (Å²) in [6.07, 6.45) is 0. The molecule has 2 heterocycles. The lowest BCUT2D eigenvalue weighted by Gasteiger charge is -2.38. The standard InChI is InChI=1S/C30H26N4O2/c1-29(2)31-19-9-5-7-15-11-13-17(25(33-29)21(15)19)23-27(35)24(28(23)36)18-14-12-16-8-6-10-20-22(16)26(18)34-30(3,4)32-20/h5-14,23,31-33H,1-4H3. The number of carbonyl (C=O) groups is 2. The maximum absolute atomic E-state index is 13.8. The third-order valence-corrected chi connectivity index (χ3v) is 7.41. The van der Waals surface area contributed by atoms with E-state index in [0.29, 0.717) is 10.6 Å². The molecule has 0 saturated heterocycles. The number of benzene rings is 4. The van der Waals surface area contributed by atoms with E-state index in [1.807, 2.05) is 88.4 Å². The molecule has 0 atom stereocenters. The van der Waals surface area contributed by atoms with Gasteiger partial charge in [0.2, 0.25) is 0 Å². The second-order valence-electron chi connectivity index (χ2n) is 11.0. The summed E-state index contributed by atoms with van der Waals surface area (Å²) in [4.78, 5) is 32.4. The number of carbonyl (C=O) groups excluding carboxylic acids is 2. The van der Waals surface area contributed by atoms with Crippen LogP contribution in [0, 0.1) is 0 Å². The maximum atomic E-state index is 13.8. The van der Waals surface area contributed by atoms with E-state index in [4.69, 9.17) is 4.99 Å². The SMILES string of the molecule is CC1(C)N=c2c(=C3C(=O)C(c4ccc5cccc6c5c4NC(C)(C)N6)C3=O)ccc3cccc(c23)N1.